The third-order valence-electron chi connectivity index (χ3n) is 5.86. The molecular formula is C21H23FN6O2. The van der Waals surface area contributed by atoms with Crippen LogP contribution in [0.15, 0.2) is 42.7 Å². The molecule has 2 N–H and O–H groups in total. The number of aliphatic hydroxyl groups is 1. The Hall–Kier alpha value is -3.20. The number of carbonyl (C=O) groups excluding carboxylic acids is 1. The quantitative estimate of drug-likeness (QED) is 0.694. The fraction of sp³-hybridized carbons (Fsp3) is 0.381. The van der Waals surface area contributed by atoms with Crippen molar-refractivity contribution in [2.45, 2.75) is 31.4 Å². The van der Waals surface area contributed by atoms with Crippen molar-refractivity contribution < 1.29 is 14.3 Å². The van der Waals surface area contributed by atoms with E-state index in [0.717, 1.165) is 25.2 Å². The van der Waals surface area contributed by atoms with Crippen molar-refractivity contribution in [2.24, 2.45) is 0 Å². The molecule has 9 heteroatoms. The van der Waals surface area contributed by atoms with Gasteiger partial charge in [0.2, 0.25) is 0 Å². The van der Waals surface area contributed by atoms with Crippen LogP contribution in [0.3, 0.4) is 0 Å². The van der Waals surface area contributed by atoms with Gasteiger partial charge in [0.15, 0.2) is 5.65 Å². The molecule has 2 aliphatic heterocycles. The summed E-state index contributed by atoms with van der Waals surface area (Å²) in [5.74, 6) is 0.515. The van der Waals surface area contributed by atoms with E-state index in [2.05, 4.69) is 15.3 Å². The standard InChI is InChI=1S/C21H23FN6O2/c22-16-5-2-1-4-15(16)18-6-3-9-27(18)19-8-11-28-20(25-19)17(12-23-28)24-21(30)26-10-7-14(29)13-26/h1-2,4-5,8,11-12,14,18,29H,3,6-7,9-10,13H2,(H,24,30)/t14-,18+/m0/s1. The predicted molar refractivity (Wildman–Crippen MR) is 110 cm³/mol. The van der Waals surface area contributed by atoms with Crippen molar-refractivity contribution >= 4 is 23.2 Å². The monoisotopic (exact) mass is 410 g/mol. The first kappa shape index (κ1) is 18.8. The van der Waals surface area contributed by atoms with Crippen LogP contribution in [0.25, 0.3) is 5.65 Å². The van der Waals surface area contributed by atoms with Crippen molar-refractivity contribution in [1.82, 2.24) is 19.5 Å². The number of amides is 2. The van der Waals surface area contributed by atoms with Crippen molar-refractivity contribution in [1.29, 1.82) is 0 Å². The Balaban J connectivity index is 1.42. The zero-order valence-electron chi connectivity index (χ0n) is 16.4. The molecule has 4 heterocycles. The second kappa shape index (κ2) is 7.56. The van der Waals surface area contributed by atoms with E-state index in [1.807, 2.05) is 18.2 Å². The summed E-state index contributed by atoms with van der Waals surface area (Å²) in [4.78, 5) is 20.9. The van der Waals surface area contributed by atoms with Gasteiger partial charge in [0.25, 0.3) is 0 Å². The van der Waals surface area contributed by atoms with Crippen molar-refractivity contribution in [3.63, 3.8) is 0 Å². The maximum absolute atomic E-state index is 14.4. The molecule has 0 aliphatic carbocycles. The Kier molecular flexibility index (Phi) is 4.74. The van der Waals surface area contributed by atoms with E-state index >= 15 is 0 Å². The topological polar surface area (TPSA) is 86.0 Å². The average molecular weight is 410 g/mol. The summed E-state index contributed by atoms with van der Waals surface area (Å²) in [7, 11) is 0. The molecule has 0 spiro atoms. The minimum Gasteiger partial charge on any atom is -0.391 e. The number of likely N-dealkylation sites (tertiary alicyclic amines) is 1. The number of nitrogens with one attached hydrogen (secondary N) is 1. The van der Waals surface area contributed by atoms with Gasteiger partial charge < -0.3 is 20.2 Å². The number of urea groups is 1. The highest BCUT2D eigenvalue weighted by atomic mass is 19.1. The number of rotatable bonds is 3. The van der Waals surface area contributed by atoms with Gasteiger partial charge in [-0.05, 0) is 31.4 Å². The van der Waals surface area contributed by atoms with Gasteiger partial charge in [-0.1, -0.05) is 18.2 Å². The fourth-order valence-electron chi connectivity index (χ4n) is 4.34. The van der Waals surface area contributed by atoms with Gasteiger partial charge in [0, 0.05) is 31.4 Å². The smallest absolute Gasteiger partial charge is 0.322 e. The van der Waals surface area contributed by atoms with Gasteiger partial charge in [-0.3, -0.25) is 0 Å². The number of nitrogens with zero attached hydrogens (tertiary/aromatic N) is 5. The number of aromatic nitrogens is 3. The second-order valence-corrected chi connectivity index (χ2v) is 7.80. The zero-order chi connectivity index (χ0) is 20.7. The van der Waals surface area contributed by atoms with Crippen LogP contribution in [-0.4, -0.2) is 56.4 Å². The van der Waals surface area contributed by atoms with E-state index in [4.69, 9.17) is 4.98 Å². The maximum Gasteiger partial charge on any atom is 0.322 e. The number of halogens is 1. The number of fused-ring (bicyclic) bond motifs is 1. The summed E-state index contributed by atoms with van der Waals surface area (Å²) in [6.07, 6.45) is 5.27. The molecule has 2 aliphatic rings. The Labute approximate surface area is 172 Å². The number of aliphatic hydroxyl groups excluding tert-OH is 1. The van der Waals surface area contributed by atoms with E-state index in [1.54, 1.807) is 27.9 Å². The second-order valence-electron chi connectivity index (χ2n) is 7.80. The zero-order valence-corrected chi connectivity index (χ0v) is 16.4. The number of hydrogen-bond donors (Lipinski definition) is 2. The van der Waals surface area contributed by atoms with E-state index in [1.165, 1.54) is 6.07 Å². The Morgan fingerprint density at radius 3 is 2.87 bits per heavy atom. The van der Waals surface area contributed by atoms with Crippen molar-refractivity contribution in [3.05, 3.63) is 54.1 Å². The van der Waals surface area contributed by atoms with Crippen LogP contribution in [0.2, 0.25) is 0 Å². The Morgan fingerprint density at radius 1 is 1.20 bits per heavy atom. The summed E-state index contributed by atoms with van der Waals surface area (Å²) in [5, 5.41) is 16.8. The van der Waals surface area contributed by atoms with Crippen LogP contribution >= 0.6 is 0 Å². The highest BCUT2D eigenvalue weighted by molar-refractivity contribution is 5.93. The lowest BCUT2D eigenvalue weighted by molar-refractivity contribution is 0.176. The molecule has 0 unspecified atom stereocenters. The van der Waals surface area contributed by atoms with E-state index < -0.39 is 6.10 Å². The number of β-amino-alcohol motifs (C(OH)–C–C–N with tert-alkyl or cyclic N) is 1. The molecule has 0 bridgehead atoms. The highest BCUT2D eigenvalue weighted by Crippen LogP contribution is 2.36. The molecule has 2 saturated heterocycles. The third-order valence-corrected chi connectivity index (χ3v) is 5.86. The number of anilines is 2. The first-order valence-corrected chi connectivity index (χ1v) is 10.2. The largest absolute Gasteiger partial charge is 0.391 e. The van der Waals surface area contributed by atoms with Crippen molar-refractivity contribution in [2.75, 3.05) is 29.9 Å². The summed E-state index contributed by atoms with van der Waals surface area (Å²) < 4.78 is 16.0. The van der Waals surface area contributed by atoms with Crippen LogP contribution in [0.1, 0.15) is 30.9 Å². The first-order valence-electron chi connectivity index (χ1n) is 10.2. The van der Waals surface area contributed by atoms with Crippen LogP contribution in [0, 0.1) is 5.82 Å². The first-order chi connectivity index (χ1) is 14.6. The number of carbonyl (C=O) groups is 1. The molecule has 2 atom stereocenters. The van der Waals surface area contributed by atoms with Gasteiger partial charge in [0.1, 0.15) is 17.3 Å². The lowest BCUT2D eigenvalue weighted by Gasteiger charge is -2.26. The van der Waals surface area contributed by atoms with Crippen LogP contribution < -0.4 is 10.2 Å². The lowest BCUT2D eigenvalue weighted by Crippen LogP contribution is -2.33. The van der Waals surface area contributed by atoms with Gasteiger partial charge in [-0.25, -0.2) is 18.7 Å². The summed E-state index contributed by atoms with van der Waals surface area (Å²) >= 11 is 0. The summed E-state index contributed by atoms with van der Waals surface area (Å²) in [6.45, 7) is 1.62. The SMILES string of the molecule is O=C(Nc1cnn2ccc(N3CCC[C@@H]3c3ccccc3F)nc12)N1CC[C@H](O)C1. The molecule has 1 aromatic carbocycles. The molecule has 2 fully saturated rings. The highest BCUT2D eigenvalue weighted by Gasteiger charge is 2.30. The van der Waals surface area contributed by atoms with Crippen molar-refractivity contribution in [3.8, 4) is 0 Å². The van der Waals surface area contributed by atoms with Gasteiger partial charge >= 0.3 is 6.03 Å². The van der Waals surface area contributed by atoms with E-state index in [-0.39, 0.29) is 17.9 Å². The lowest BCUT2D eigenvalue weighted by atomic mass is 10.0. The molecule has 3 aromatic rings. The Morgan fingerprint density at radius 2 is 2.07 bits per heavy atom. The van der Waals surface area contributed by atoms with Crippen LogP contribution in [-0.2, 0) is 0 Å². The predicted octanol–water partition coefficient (Wildman–Crippen LogP) is 2.81. The minimum atomic E-state index is -0.477. The molecule has 2 aromatic heterocycles. The third kappa shape index (κ3) is 3.35. The summed E-state index contributed by atoms with van der Waals surface area (Å²) in [6, 6.07) is 8.37. The summed E-state index contributed by atoms with van der Waals surface area (Å²) in [5.41, 5.74) is 1.70. The normalized spacial score (nSPS) is 21.5. The molecule has 0 saturated carbocycles. The Bertz CT molecular complexity index is 1090. The van der Waals surface area contributed by atoms with E-state index in [0.29, 0.717) is 36.4 Å². The maximum atomic E-state index is 14.4. The number of hydrogen-bond acceptors (Lipinski definition) is 5. The van der Waals surface area contributed by atoms with Crippen LogP contribution in [0.5, 0.6) is 0 Å². The molecule has 0 radical (unpaired) electrons. The van der Waals surface area contributed by atoms with Gasteiger partial charge in [-0.15, -0.1) is 0 Å². The molecule has 2 amide bonds. The molecule has 30 heavy (non-hydrogen) atoms. The van der Waals surface area contributed by atoms with Gasteiger partial charge in [-0.2, -0.15) is 5.10 Å². The van der Waals surface area contributed by atoms with E-state index in [9.17, 15) is 14.3 Å². The average Bonchev–Trinajstić information content (AvgIpc) is 3.48. The molecule has 8 nitrogen and oxygen atoms in total. The fourth-order valence-corrected chi connectivity index (χ4v) is 4.34. The van der Waals surface area contributed by atoms with Crippen LogP contribution in [0.4, 0.5) is 20.7 Å². The molecule has 5 rings (SSSR count). The minimum absolute atomic E-state index is 0.0757. The van der Waals surface area contributed by atoms with Gasteiger partial charge in [0.05, 0.1) is 18.3 Å². The molecule has 156 valence electrons. The molecular weight excluding hydrogens is 387 g/mol. The number of benzene rings is 1.